The lowest BCUT2D eigenvalue weighted by atomic mass is 10.0. The van der Waals surface area contributed by atoms with Crippen molar-refractivity contribution in [1.82, 2.24) is 30.6 Å². The molecule has 3 fully saturated rings. The van der Waals surface area contributed by atoms with E-state index < -0.39 is 0 Å². The monoisotopic (exact) mass is 587 g/mol. The molecular formula is C36H38FN7. The summed E-state index contributed by atoms with van der Waals surface area (Å²) in [6.45, 7) is 2.10. The Morgan fingerprint density at radius 1 is 0.591 bits per heavy atom. The lowest BCUT2D eigenvalue weighted by molar-refractivity contribution is 0.613. The summed E-state index contributed by atoms with van der Waals surface area (Å²) < 4.78 is 14.0. The van der Waals surface area contributed by atoms with Crippen molar-refractivity contribution in [3.8, 4) is 22.5 Å². The van der Waals surface area contributed by atoms with Crippen molar-refractivity contribution in [2.24, 2.45) is 0 Å². The van der Waals surface area contributed by atoms with Crippen LogP contribution in [0.1, 0.15) is 85.5 Å². The first-order chi connectivity index (χ1) is 21.7. The summed E-state index contributed by atoms with van der Waals surface area (Å²) in [7, 11) is 0. The molecule has 0 bridgehead atoms. The van der Waals surface area contributed by atoms with Crippen LogP contribution in [0.5, 0.6) is 0 Å². The van der Waals surface area contributed by atoms with Gasteiger partial charge >= 0.3 is 0 Å². The molecule has 0 aliphatic carbocycles. The molecule has 3 aromatic carbocycles. The van der Waals surface area contributed by atoms with Gasteiger partial charge in [0.05, 0.1) is 47.9 Å². The van der Waals surface area contributed by atoms with Crippen molar-refractivity contribution in [3.63, 3.8) is 0 Å². The van der Waals surface area contributed by atoms with Crippen LogP contribution in [0.2, 0.25) is 0 Å². The molecular weight excluding hydrogens is 549 g/mol. The molecule has 2 aromatic heterocycles. The molecule has 3 saturated heterocycles. The Morgan fingerprint density at radius 2 is 1.07 bits per heavy atom. The van der Waals surface area contributed by atoms with Crippen LogP contribution in [-0.2, 0) is 0 Å². The van der Waals surface area contributed by atoms with Gasteiger partial charge in [0.1, 0.15) is 17.5 Å². The van der Waals surface area contributed by atoms with Crippen LogP contribution in [0.4, 0.5) is 10.1 Å². The van der Waals surface area contributed by atoms with Gasteiger partial charge in [0.2, 0.25) is 0 Å². The van der Waals surface area contributed by atoms with Gasteiger partial charge in [0, 0.05) is 5.69 Å². The quantitative estimate of drug-likeness (QED) is 0.158. The van der Waals surface area contributed by atoms with Gasteiger partial charge in [-0.15, -0.1) is 0 Å². The molecule has 8 heteroatoms. The van der Waals surface area contributed by atoms with Crippen molar-refractivity contribution in [3.05, 3.63) is 114 Å². The average Bonchev–Trinajstić information content (AvgIpc) is 3.91. The third-order valence-corrected chi connectivity index (χ3v) is 9.69. The number of anilines is 1. The van der Waals surface area contributed by atoms with Crippen LogP contribution in [0, 0.1) is 5.82 Å². The summed E-state index contributed by atoms with van der Waals surface area (Å²) in [6, 6.07) is 25.7. The zero-order valence-electron chi connectivity index (χ0n) is 24.8. The maximum atomic E-state index is 14.0. The first-order valence-electron chi connectivity index (χ1n) is 16.0. The van der Waals surface area contributed by atoms with Crippen molar-refractivity contribution in [2.75, 3.05) is 18.0 Å². The molecule has 7 nitrogen and oxygen atoms in total. The van der Waals surface area contributed by atoms with Gasteiger partial charge in [-0.2, -0.15) is 0 Å². The first kappa shape index (κ1) is 27.3. The molecule has 0 amide bonds. The average molecular weight is 588 g/mol. The van der Waals surface area contributed by atoms with Crippen molar-refractivity contribution >= 4 is 5.69 Å². The molecule has 4 N–H and O–H groups in total. The van der Waals surface area contributed by atoms with E-state index in [0.29, 0.717) is 12.1 Å². The number of aromatic amines is 2. The van der Waals surface area contributed by atoms with E-state index in [1.54, 1.807) is 12.1 Å². The lowest BCUT2D eigenvalue weighted by Crippen LogP contribution is -2.26. The maximum absolute atomic E-state index is 14.0. The Labute approximate surface area is 257 Å². The zero-order chi connectivity index (χ0) is 29.5. The molecule has 4 atom stereocenters. The number of hydrogen-bond donors (Lipinski definition) is 4. The van der Waals surface area contributed by atoms with Gasteiger partial charge in [-0.1, -0.05) is 48.5 Å². The van der Waals surface area contributed by atoms with E-state index in [0.717, 1.165) is 78.6 Å². The number of H-pyrrole nitrogens is 2. The van der Waals surface area contributed by atoms with Crippen LogP contribution in [0.25, 0.3) is 22.5 Å². The van der Waals surface area contributed by atoms with E-state index >= 15 is 0 Å². The van der Waals surface area contributed by atoms with Gasteiger partial charge in [0.15, 0.2) is 0 Å². The molecule has 224 valence electrons. The minimum absolute atomic E-state index is 0.188. The highest BCUT2D eigenvalue weighted by molar-refractivity contribution is 5.62. The van der Waals surface area contributed by atoms with E-state index in [1.165, 1.54) is 24.0 Å². The predicted octanol–water partition coefficient (Wildman–Crippen LogP) is 7.54. The standard InChI is InChI=1S/C36H38FN7/c37-27-13-15-28(16-14-27)44-33(25-9-5-23(6-10-25)31-21-40-35(42-31)29-3-1-19-38-29)17-18-34(44)26-11-7-24(8-12-26)32-22-41-36(43-32)30-4-2-20-39-30/h5-16,21-22,29-30,33-34,38-39H,1-4,17-20H2,(H,40,42)(H,41,43)/t29-,30-,33+,34?/m0/s1. The minimum Gasteiger partial charge on any atom is -0.357 e. The number of rotatable bonds is 7. The summed E-state index contributed by atoms with van der Waals surface area (Å²) in [5, 5.41) is 7.04. The van der Waals surface area contributed by atoms with E-state index in [2.05, 4.69) is 84.0 Å². The first-order valence-corrected chi connectivity index (χ1v) is 16.0. The van der Waals surface area contributed by atoms with Crippen LogP contribution in [0.15, 0.2) is 85.2 Å². The highest BCUT2D eigenvalue weighted by atomic mass is 19.1. The van der Waals surface area contributed by atoms with E-state index in [-0.39, 0.29) is 17.9 Å². The van der Waals surface area contributed by atoms with Gasteiger partial charge in [-0.05, 0) is 98.1 Å². The fourth-order valence-corrected chi connectivity index (χ4v) is 7.37. The summed E-state index contributed by atoms with van der Waals surface area (Å²) in [4.78, 5) is 18.9. The van der Waals surface area contributed by atoms with Gasteiger partial charge in [-0.3, -0.25) is 0 Å². The molecule has 0 spiro atoms. The lowest BCUT2D eigenvalue weighted by Gasteiger charge is -2.33. The van der Waals surface area contributed by atoms with Crippen LogP contribution < -0.4 is 15.5 Å². The van der Waals surface area contributed by atoms with E-state index in [9.17, 15) is 4.39 Å². The maximum Gasteiger partial charge on any atom is 0.123 e. The van der Waals surface area contributed by atoms with E-state index in [4.69, 9.17) is 0 Å². The predicted molar refractivity (Wildman–Crippen MR) is 172 cm³/mol. The summed E-state index contributed by atoms with van der Waals surface area (Å²) >= 11 is 0. The van der Waals surface area contributed by atoms with E-state index in [1.807, 2.05) is 24.5 Å². The number of nitrogens with zero attached hydrogens (tertiary/aromatic N) is 3. The molecule has 3 aliphatic heterocycles. The highest BCUT2D eigenvalue weighted by Crippen LogP contribution is 2.47. The summed E-state index contributed by atoms with van der Waals surface area (Å²) in [6.07, 6.45) is 10.6. The minimum atomic E-state index is -0.215. The molecule has 5 heterocycles. The number of aromatic nitrogens is 4. The molecule has 8 rings (SSSR count). The van der Waals surface area contributed by atoms with Crippen molar-refractivity contribution in [1.29, 1.82) is 0 Å². The summed E-state index contributed by atoms with van der Waals surface area (Å²) in [5.74, 6) is 1.83. The number of hydrogen-bond acceptors (Lipinski definition) is 5. The largest absolute Gasteiger partial charge is 0.357 e. The van der Waals surface area contributed by atoms with Crippen LogP contribution >= 0.6 is 0 Å². The Hall–Kier alpha value is -4.27. The molecule has 5 aromatic rings. The normalized spacial score (nSPS) is 23.5. The fourth-order valence-electron chi connectivity index (χ4n) is 7.37. The van der Waals surface area contributed by atoms with Crippen LogP contribution in [0.3, 0.4) is 0 Å². The van der Waals surface area contributed by atoms with Gasteiger partial charge < -0.3 is 25.5 Å². The molecule has 0 saturated carbocycles. The zero-order valence-corrected chi connectivity index (χ0v) is 24.8. The van der Waals surface area contributed by atoms with Gasteiger partial charge in [-0.25, -0.2) is 14.4 Å². The van der Waals surface area contributed by atoms with Crippen LogP contribution in [-0.4, -0.2) is 33.0 Å². The molecule has 44 heavy (non-hydrogen) atoms. The second-order valence-electron chi connectivity index (χ2n) is 12.4. The Bertz CT molecular complexity index is 1590. The topological polar surface area (TPSA) is 84.7 Å². The van der Waals surface area contributed by atoms with Crippen molar-refractivity contribution in [2.45, 2.75) is 62.7 Å². The second kappa shape index (κ2) is 11.7. The molecule has 1 unspecified atom stereocenters. The number of imidazole rings is 2. The number of nitrogens with one attached hydrogen (secondary N) is 4. The Morgan fingerprint density at radius 3 is 1.50 bits per heavy atom. The Balaban J connectivity index is 1.05. The SMILES string of the molecule is Fc1ccc(N2C(c3ccc(-c4cnc([C@@H]5CCCN5)[nH]4)cc3)CC[C@@H]2c2ccc(-c3cnc([C@@H]4CCCN4)[nH]3)cc2)cc1. The van der Waals surface area contributed by atoms with Crippen molar-refractivity contribution < 1.29 is 4.39 Å². The third-order valence-electron chi connectivity index (χ3n) is 9.69. The molecule has 0 radical (unpaired) electrons. The fraction of sp³-hybridized carbons (Fsp3) is 0.333. The highest BCUT2D eigenvalue weighted by Gasteiger charge is 2.35. The second-order valence-corrected chi connectivity index (χ2v) is 12.4. The smallest absolute Gasteiger partial charge is 0.123 e. The number of benzene rings is 3. The summed E-state index contributed by atoms with van der Waals surface area (Å²) in [5.41, 5.74) is 7.92. The van der Waals surface area contributed by atoms with Gasteiger partial charge in [0.25, 0.3) is 0 Å². The molecule has 3 aliphatic rings. The Kier molecular flexibility index (Phi) is 7.24. The number of halogens is 1. The third kappa shape index (κ3) is 5.22.